The number of methoxy groups -OCH3 is 3. The molecule has 0 aliphatic carbocycles. The van der Waals surface area contributed by atoms with E-state index < -0.39 is 10.8 Å². The number of hydrogen-bond donors (Lipinski definition) is 1. The number of carbonyl (C=O) groups excluding carboxylic acids is 2. The summed E-state index contributed by atoms with van der Waals surface area (Å²) in [5, 5.41) is 13.4. The molecule has 3 aromatic rings. The van der Waals surface area contributed by atoms with E-state index in [0.717, 1.165) is 10.5 Å². The molecular formula is C26H25N3O7S. The Morgan fingerprint density at radius 3 is 2.41 bits per heavy atom. The van der Waals surface area contributed by atoms with Crippen LogP contribution in [-0.2, 0) is 9.59 Å². The number of para-hydroxylation sites is 1. The van der Waals surface area contributed by atoms with Crippen LogP contribution in [0.25, 0.3) is 0 Å². The van der Waals surface area contributed by atoms with Crippen molar-refractivity contribution >= 4 is 40.6 Å². The van der Waals surface area contributed by atoms with Crippen molar-refractivity contribution < 1.29 is 28.7 Å². The Morgan fingerprint density at radius 1 is 1.05 bits per heavy atom. The number of carbonyl (C=O) groups is 2. The number of non-ortho nitro benzene ring substituents is 1. The molecule has 1 heterocycles. The Morgan fingerprint density at radius 2 is 1.76 bits per heavy atom. The fourth-order valence-electron chi connectivity index (χ4n) is 4.07. The number of fused-ring (bicyclic) bond motifs is 1. The molecule has 0 fully saturated rings. The zero-order valence-electron chi connectivity index (χ0n) is 20.4. The van der Waals surface area contributed by atoms with Gasteiger partial charge < -0.3 is 24.4 Å². The van der Waals surface area contributed by atoms with Crippen LogP contribution in [0, 0.1) is 10.1 Å². The molecule has 0 aromatic heterocycles. The Balaban J connectivity index is 1.62. The first kappa shape index (κ1) is 25.8. The average molecular weight is 524 g/mol. The van der Waals surface area contributed by atoms with Gasteiger partial charge in [-0.05, 0) is 35.9 Å². The largest absolute Gasteiger partial charge is 0.493 e. The summed E-state index contributed by atoms with van der Waals surface area (Å²) in [7, 11) is 4.59. The Hall–Kier alpha value is -4.25. The summed E-state index contributed by atoms with van der Waals surface area (Å²) in [6, 6.07) is 16.6. The van der Waals surface area contributed by atoms with Gasteiger partial charge in [0.1, 0.15) is 6.54 Å². The van der Waals surface area contributed by atoms with Crippen molar-refractivity contribution in [1.29, 1.82) is 0 Å². The van der Waals surface area contributed by atoms with Gasteiger partial charge in [-0.1, -0.05) is 18.2 Å². The van der Waals surface area contributed by atoms with Crippen LogP contribution in [0.4, 0.5) is 17.1 Å². The van der Waals surface area contributed by atoms with Crippen LogP contribution in [0.1, 0.15) is 17.2 Å². The molecule has 1 N–H and O–H groups in total. The van der Waals surface area contributed by atoms with Crippen LogP contribution in [0.2, 0.25) is 0 Å². The molecule has 1 unspecified atom stereocenters. The van der Waals surface area contributed by atoms with E-state index >= 15 is 0 Å². The maximum Gasteiger partial charge on any atom is 0.271 e. The minimum Gasteiger partial charge on any atom is -0.493 e. The van der Waals surface area contributed by atoms with E-state index in [9.17, 15) is 19.7 Å². The first-order valence-corrected chi connectivity index (χ1v) is 12.1. The van der Waals surface area contributed by atoms with Crippen LogP contribution in [0.3, 0.4) is 0 Å². The quantitative estimate of drug-likeness (QED) is 0.329. The van der Waals surface area contributed by atoms with Crippen molar-refractivity contribution in [2.24, 2.45) is 0 Å². The highest BCUT2D eigenvalue weighted by atomic mass is 32.2. The van der Waals surface area contributed by atoms with E-state index in [-0.39, 0.29) is 35.5 Å². The molecule has 10 nitrogen and oxygen atoms in total. The number of benzene rings is 3. The number of amides is 2. The first-order valence-electron chi connectivity index (χ1n) is 11.2. The normalized spacial score (nSPS) is 14.8. The lowest BCUT2D eigenvalue weighted by Gasteiger charge is -2.22. The lowest BCUT2D eigenvalue weighted by atomic mass is 10.1. The second-order valence-corrected chi connectivity index (χ2v) is 9.32. The second-order valence-electron chi connectivity index (χ2n) is 8.07. The Bertz CT molecular complexity index is 1320. The fourth-order valence-corrected chi connectivity index (χ4v) is 5.33. The molecule has 37 heavy (non-hydrogen) atoms. The van der Waals surface area contributed by atoms with E-state index in [2.05, 4.69) is 5.32 Å². The number of nitro groups is 1. The summed E-state index contributed by atoms with van der Waals surface area (Å²) in [6.07, 6.45) is 0.113. The molecule has 4 rings (SSSR count). The molecule has 3 aromatic carbocycles. The highest BCUT2D eigenvalue weighted by Crippen LogP contribution is 2.49. The van der Waals surface area contributed by atoms with E-state index in [1.807, 2.05) is 24.3 Å². The highest BCUT2D eigenvalue weighted by Gasteiger charge is 2.31. The van der Waals surface area contributed by atoms with Gasteiger partial charge in [0, 0.05) is 34.4 Å². The summed E-state index contributed by atoms with van der Waals surface area (Å²) in [5.41, 5.74) is 1.56. The van der Waals surface area contributed by atoms with Gasteiger partial charge in [0.05, 0.1) is 31.9 Å². The van der Waals surface area contributed by atoms with Crippen LogP contribution in [0.5, 0.6) is 17.2 Å². The van der Waals surface area contributed by atoms with E-state index in [1.165, 1.54) is 56.2 Å². The lowest BCUT2D eigenvalue weighted by Crippen LogP contribution is -2.38. The molecule has 1 aliphatic rings. The van der Waals surface area contributed by atoms with Gasteiger partial charge in [-0.25, -0.2) is 0 Å². The average Bonchev–Trinajstić information content (AvgIpc) is 3.04. The van der Waals surface area contributed by atoms with Crippen molar-refractivity contribution in [3.8, 4) is 17.2 Å². The first-order chi connectivity index (χ1) is 17.8. The van der Waals surface area contributed by atoms with Crippen molar-refractivity contribution in [1.82, 2.24) is 0 Å². The van der Waals surface area contributed by atoms with Crippen LogP contribution >= 0.6 is 11.8 Å². The summed E-state index contributed by atoms with van der Waals surface area (Å²) < 4.78 is 16.4. The van der Waals surface area contributed by atoms with Gasteiger partial charge in [0.2, 0.25) is 17.6 Å². The zero-order chi connectivity index (χ0) is 26.5. The van der Waals surface area contributed by atoms with E-state index in [1.54, 1.807) is 18.2 Å². The summed E-state index contributed by atoms with van der Waals surface area (Å²) >= 11 is 1.51. The molecule has 0 saturated carbocycles. The Kier molecular flexibility index (Phi) is 7.83. The number of nitrogens with one attached hydrogen (secondary N) is 1. The van der Waals surface area contributed by atoms with Gasteiger partial charge in [-0.2, -0.15) is 0 Å². The predicted octanol–water partition coefficient (Wildman–Crippen LogP) is 4.83. The van der Waals surface area contributed by atoms with E-state index in [4.69, 9.17) is 14.2 Å². The molecule has 0 bridgehead atoms. The number of nitrogens with zero attached hydrogens (tertiary/aromatic N) is 2. The van der Waals surface area contributed by atoms with Crippen LogP contribution in [-0.4, -0.2) is 44.6 Å². The zero-order valence-corrected chi connectivity index (χ0v) is 21.2. The summed E-state index contributed by atoms with van der Waals surface area (Å²) in [6.45, 7) is -0.249. The molecule has 192 valence electrons. The van der Waals surface area contributed by atoms with Gasteiger partial charge in [-0.15, -0.1) is 11.8 Å². The van der Waals surface area contributed by atoms with Gasteiger partial charge in [0.15, 0.2) is 11.5 Å². The van der Waals surface area contributed by atoms with Gasteiger partial charge in [-0.3, -0.25) is 19.7 Å². The summed E-state index contributed by atoms with van der Waals surface area (Å²) in [5.74, 6) is 0.704. The third-order valence-corrected chi connectivity index (χ3v) is 7.11. The highest BCUT2D eigenvalue weighted by molar-refractivity contribution is 7.99. The molecule has 0 spiro atoms. The monoisotopic (exact) mass is 523 g/mol. The SMILES string of the molecule is COc1cc(C2CC(=O)N(CC(=O)Nc3cccc([N+](=O)[O-])c3)c3ccccc3S2)cc(OC)c1OC. The molecule has 1 atom stereocenters. The van der Waals surface area contributed by atoms with Crippen molar-refractivity contribution in [2.45, 2.75) is 16.6 Å². The molecule has 2 amide bonds. The number of anilines is 2. The lowest BCUT2D eigenvalue weighted by molar-refractivity contribution is -0.384. The van der Waals surface area contributed by atoms with Crippen LogP contribution in [0.15, 0.2) is 65.6 Å². The number of rotatable bonds is 8. The number of hydrogen-bond acceptors (Lipinski definition) is 8. The third-order valence-electron chi connectivity index (χ3n) is 5.79. The number of thioether (sulfide) groups is 1. The van der Waals surface area contributed by atoms with Gasteiger partial charge >= 0.3 is 0 Å². The molecule has 0 saturated heterocycles. The number of nitro benzene ring substituents is 1. The molecular weight excluding hydrogens is 498 g/mol. The second kappa shape index (κ2) is 11.2. The minimum absolute atomic E-state index is 0.113. The molecule has 1 aliphatic heterocycles. The topological polar surface area (TPSA) is 120 Å². The standard InChI is InChI=1S/C26H25N3O7S/c1-34-20-11-16(12-21(35-2)26(20)36-3)23-14-25(31)28(19-9-4-5-10-22(19)37-23)15-24(30)27-17-7-6-8-18(13-17)29(32)33/h4-13,23H,14-15H2,1-3H3,(H,27,30). The van der Waals surface area contributed by atoms with E-state index in [0.29, 0.717) is 22.9 Å². The molecule has 0 radical (unpaired) electrons. The number of ether oxygens (including phenoxy) is 3. The van der Waals surface area contributed by atoms with Gasteiger partial charge in [0.25, 0.3) is 5.69 Å². The van der Waals surface area contributed by atoms with Crippen molar-refractivity contribution in [2.75, 3.05) is 38.1 Å². The smallest absolute Gasteiger partial charge is 0.271 e. The fraction of sp³-hybridized carbons (Fsp3) is 0.231. The van der Waals surface area contributed by atoms with Crippen molar-refractivity contribution in [3.63, 3.8) is 0 Å². The maximum atomic E-state index is 13.5. The third kappa shape index (κ3) is 5.61. The minimum atomic E-state index is -0.537. The van der Waals surface area contributed by atoms with Crippen molar-refractivity contribution in [3.05, 3.63) is 76.3 Å². The maximum absolute atomic E-state index is 13.5. The van der Waals surface area contributed by atoms with Crippen LogP contribution < -0.4 is 24.4 Å². The summed E-state index contributed by atoms with van der Waals surface area (Å²) in [4.78, 5) is 39.2. The molecule has 11 heteroatoms. The Labute approximate surface area is 217 Å². The predicted molar refractivity (Wildman–Crippen MR) is 140 cm³/mol.